The van der Waals surface area contributed by atoms with E-state index in [1.807, 2.05) is 0 Å². The van der Waals surface area contributed by atoms with Crippen LogP contribution in [-0.4, -0.2) is 48.7 Å². The summed E-state index contributed by atoms with van der Waals surface area (Å²) in [6.07, 6.45) is 0.764. The van der Waals surface area contributed by atoms with E-state index in [-0.39, 0.29) is 18.9 Å². The van der Waals surface area contributed by atoms with Crippen LogP contribution in [0.2, 0.25) is 5.02 Å². The quantitative estimate of drug-likeness (QED) is 0.678. The number of carbonyl (C=O) groups excluding carboxylic acids is 1. The van der Waals surface area contributed by atoms with Crippen molar-refractivity contribution < 1.29 is 24.2 Å². The third-order valence-electron chi connectivity index (χ3n) is 3.68. The van der Waals surface area contributed by atoms with Gasteiger partial charge in [0.25, 0.3) is 5.91 Å². The van der Waals surface area contributed by atoms with Crippen LogP contribution in [0.4, 0.5) is 0 Å². The first kappa shape index (κ1) is 21.1. The lowest BCUT2D eigenvalue weighted by atomic mass is 10.1. The molecule has 0 heterocycles. The van der Waals surface area contributed by atoms with E-state index in [1.54, 1.807) is 13.0 Å². The van der Waals surface area contributed by atoms with Crippen molar-refractivity contribution in [1.29, 1.82) is 0 Å². The van der Waals surface area contributed by atoms with Crippen molar-refractivity contribution in [1.82, 2.24) is 4.90 Å². The molecule has 140 valence electrons. The minimum atomic E-state index is -0.948. The fraction of sp³-hybridized carbons (Fsp3) is 0.556. The number of benzene rings is 1. The van der Waals surface area contributed by atoms with Crippen molar-refractivity contribution in [3.8, 4) is 11.5 Å². The number of halogens is 1. The molecule has 25 heavy (non-hydrogen) atoms. The monoisotopic (exact) mass is 371 g/mol. The largest absolute Gasteiger partial charge is 0.493 e. The van der Waals surface area contributed by atoms with Crippen molar-refractivity contribution in [3.63, 3.8) is 0 Å². The highest BCUT2D eigenvalue weighted by atomic mass is 35.5. The maximum absolute atomic E-state index is 12.6. The van der Waals surface area contributed by atoms with E-state index in [4.69, 9.17) is 26.2 Å². The molecule has 1 amide bonds. The van der Waals surface area contributed by atoms with E-state index in [2.05, 4.69) is 13.8 Å². The van der Waals surface area contributed by atoms with Gasteiger partial charge in [-0.1, -0.05) is 25.4 Å². The molecule has 0 aliphatic heterocycles. The van der Waals surface area contributed by atoms with Crippen molar-refractivity contribution in [2.24, 2.45) is 5.92 Å². The lowest BCUT2D eigenvalue weighted by Crippen LogP contribution is -2.32. The molecule has 0 aliphatic rings. The Kier molecular flexibility index (Phi) is 8.55. The molecule has 1 N–H and O–H groups in total. The Morgan fingerprint density at radius 2 is 2.00 bits per heavy atom. The Hall–Kier alpha value is -1.95. The topological polar surface area (TPSA) is 76.1 Å². The first-order valence-corrected chi connectivity index (χ1v) is 8.69. The van der Waals surface area contributed by atoms with E-state index in [9.17, 15) is 9.59 Å². The molecule has 1 aromatic carbocycles. The fourth-order valence-electron chi connectivity index (χ4n) is 2.20. The summed E-state index contributed by atoms with van der Waals surface area (Å²) in [5.41, 5.74) is 0.338. The van der Waals surface area contributed by atoms with E-state index in [1.165, 1.54) is 18.1 Å². The Morgan fingerprint density at radius 3 is 2.52 bits per heavy atom. The molecule has 7 heteroatoms. The second-order valence-electron chi connectivity index (χ2n) is 6.05. The van der Waals surface area contributed by atoms with Gasteiger partial charge in [0.15, 0.2) is 11.5 Å². The standard InChI is InChI=1S/C18H26ClNO5/c1-5-20(8-6-16(21)22)18(23)13-10-14(19)17(15(11-13)24-4)25-9-7-12(2)3/h10-12H,5-9H2,1-4H3,(H,21,22). The normalized spacial score (nSPS) is 10.6. The number of nitrogens with zero attached hydrogens (tertiary/aromatic N) is 1. The molecule has 1 aromatic rings. The summed E-state index contributed by atoms with van der Waals surface area (Å²) in [6, 6.07) is 3.10. The van der Waals surface area contributed by atoms with Crippen LogP contribution in [-0.2, 0) is 4.79 Å². The average molecular weight is 372 g/mol. The maximum Gasteiger partial charge on any atom is 0.305 e. The maximum atomic E-state index is 12.6. The lowest BCUT2D eigenvalue weighted by molar-refractivity contribution is -0.137. The molecule has 0 unspecified atom stereocenters. The number of hydrogen-bond acceptors (Lipinski definition) is 4. The SMILES string of the molecule is CCN(CCC(=O)O)C(=O)c1cc(Cl)c(OCCC(C)C)c(OC)c1. The molecule has 6 nitrogen and oxygen atoms in total. The molecular formula is C18H26ClNO5. The predicted octanol–water partition coefficient (Wildman–Crippen LogP) is 3.71. The van der Waals surface area contributed by atoms with Crippen LogP contribution in [0.25, 0.3) is 0 Å². The van der Waals surface area contributed by atoms with Gasteiger partial charge in [0.2, 0.25) is 0 Å². The average Bonchev–Trinajstić information content (AvgIpc) is 2.55. The molecule has 0 saturated heterocycles. The van der Waals surface area contributed by atoms with Crippen LogP contribution in [0.15, 0.2) is 12.1 Å². The van der Waals surface area contributed by atoms with Crippen LogP contribution in [0.3, 0.4) is 0 Å². The van der Waals surface area contributed by atoms with E-state index in [0.717, 1.165) is 6.42 Å². The number of hydrogen-bond donors (Lipinski definition) is 1. The first-order valence-electron chi connectivity index (χ1n) is 8.31. The highest BCUT2D eigenvalue weighted by Gasteiger charge is 2.20. The van der Waals surface area contributed by atoms with Gasteiger partial charge in [-0.3, -0.25) is 9.59 Å². The van der Waals surface area contributed by atoms with Gasteiger partial charge in [0, 0.05) is 18.7 Å². The Balaban J connectivity index is 2.98. The molecule has 0 atom stereocenters. The zero-order valence-corrected chi connectivity index (χ0v) is 15.9. The second-order valence-corrected chi connectivity index (χ2v) is 6.46. The number of rotatable bonds is 10. The van der Waals surface area contributed by atoms with Gasteiger partial charge in [-0.15, -0.1) is 0 Å². The number of carboxylic acid groups (broad SMARTS) is 1. The molecular weight excluding hydrogens is 346 g/mol. The van der Waals surface area contributed by atoms with Crippen molar-refractivity contribution >= 4 is 23.5 Å². The van der Waals surface area contributed by atoms with Crippen molar-refractivity contribution in [2.45, 2.75) is 33.6 Å². The van der Waals surface area contributed by atoms with Gasteiger partial charge in [-0.25, -0.2) is 0 Å². The molecule has 0 saturated carbocycles. The second kappa shape index (κ2) is 10.1. The van der Waals surface area contributed by atoms with Crippen LogP contribution >= 0.6 is 11.6 Å². The number of carbonyl (C=O) groups is 2. The minimum Gasteiger partial charge on any atom is -0.493 e. The highest BCUT2D eigenvalue weighted by Crippen LogP contribution is 2.37. The molecule has 0 aliphatic carbocycles. The first-order chi connectivity index (χ1) is 11.8. The van der Waals surface area contributed by atoms with Crippen LogP contribution in [0.5, 0.6) is 11.5 Å². The van der Waals surface area contributed by atoms with E-state index in [0.29, 0.717) is 41.2 Å². The van der Waals surface area contributed by atoms with E-state index < -0.39 is 5.97 Å². The summed E-state index contributed by atoms with van der Waals surface area (Å²) < 4.78 is 11.0. The zero-order valence-electron chi connectivity index (χ0n) is 15.2. The van der Waals surface area contributed by atoms with Gasteiger partial charge in [-0.05, 0) is 31.4 Å². The van der Waals surface area contributed by atoms with Crippen LogP contribution in [0.1, 0.15) is 44.0 Å². The van der Waals surface area contributed by atoms with Crippen molar-refractivity contribution in [3.05, 3.63) is 22.7 Å². The Bertz CT molecular complexity index is 603. The van der Waals surface area contributed by atoms with Gasteiger partial charge in [0.05, 0.1) is 25.2 Å². The lowest BCUT2D eigenvalue weighted by Gasteiger charge is -2.21. The summed E-state index contributed by atoms with van der Waals surface area (Å²) >= 11 is 6.28. The summed E-state index contributed by atoms with van der Waals surface area (Å²) in [5.74, 6) is 0.0512. The zero-order chi connectivity index (χ0) is 19.0. The number of amides is 1. The third-order valence-corrected chi connectivity index (χ3v) is 3.96. The fourth-order valence-corrected chi connectivity index (χ4v) is 2.46. The van der Waals surface area contributed by atoms with Crippen LogP contribution < -0.4 is 9.47 Å². The Labute approximate surface area is 153 Å². The Morgan fingerprint density at radius 1 is 1.32 bits per heavy atom. The van der Waals surface area contributed by atoms with Crippen LogP contribution in [0, 0.1) is 5.92 Å². The highest BCUT2D eigenvalue weighted by molar-refractivity contribution is 6.32. The molecule has 0 spiro atoms. The number of aliphatic carboxylic acids is 1. The summed E-state index contributed by atoms with van der Waals surface area (Å²) in [6.45, 7) is 7.03. The van der Waals surface area contributed by atoms with Crippen molar-refractivity contribution in [2.75, 3.05) is 26.8 Å². The number of methoxy groups -OCH3 is 1. The number of ether oxygens (including phenoxy) is 2. The summed E-state index contributed by atoms with van der Waals surface area (Å²) in [4.78, 5) is 24.8. The minimum absolute atomic E-state index is 0.110. The van der Waals surface area contributed by atoms with Gasteiger partial charge in [0.1, 0.15) is 0 Å². The molecule has 0 bridgehead atoms. The van der Waals surface area contributed by atoms with Gasteiger partial charge < -0.3 is 19.5 Å². The molecule has 1 rings (SSSR count). The third kappa shape index (κ3) is 6.46. The molecule has 0 radical (unpaired) electrons. The summed E-state index contributed by atoms with van der Waals surface area (Å²) in [5, 5.41) is 9.09. The predicted molar refractivity (Wildman–Crippen MR) is 96.8 cm³/mol. The van der Waals surface area contributed by atoms with Gasteiger partial charge in [-0.2, -0.15) is 0 Å². The molecule has 0 fully saturated rings. The summed E-state index contributed by atoms with van der Waals surface area (Å²) in [7, 11) is 1.48. The number of carboxylic acids is 1. The van der Waals surface area contributed by atoms with Gasteiger partial charge >= 0.3 is 5.97 Å². The van der Waals surface area contributed by atoms with E-state index >= 15 is 0 Å². The smallest absolute Gasteiger partial charge is 0.305 e. The molecule has 0 aromatic heterocycles.